The molecule has 2 amide bonds. The van der Waals surface area contributed by atoms with Gasteiger partial charge in [-0.1, -0.05) is 107 Å². The second-order valence-corrected chi connectivity index (χ2v) is 17.8. The molecule has 10 nitrogen and oxygen atoms in total. The number of hydrogen-bond acceptors (Lipinski definition) is 8. The van der Waals surface area contributed by atoms with E-state index in [2.05, 4.69) is 88.4 Å². The molecule has 2 aliphatic heterocycles. The van der Waals surface area contributed by atoms with E-state index in [4.69, 9.17) is 30.4 Å². The summed E-state index contributed by atoms with van der Waals surface area (Å²) in [5.41, 5.74) is 20.9. The van der Waals surface area contributed by atoms with E-state index in [-0.39, 0.29) is 22.6 Å². The number of amides is 2. The lowest BCUT2D eigenvalue weighted by molar-refractivity contribution is -0.136. The van der Waals surface area contributed by atoms with Gasteiger partial charge in [-0.3, -0.25) is 9.59 Å². The van der Waals surface area contributed by atoms with E-state index >= 15 is 0 Å². The molecule has 0 bridgehead atoms. The Kier molecular flexibility index (Phi) is 18.4. The average molecular weight is 849 g/mol. The summed E-state index contributed by atoms with van der Waals surface area (Å²) in [6.45, 7) is 15.6. The molecule has 4 aromatic carbocycles. The highest BCUT2D eigenvalue weighted by atomic mass is 16.5. The third-order valence-electron chi connectivity index (χ3n) is 12.6. The Labute approximate surface area is 371 Å². The molecule has 0 unspecified atom stereocenters. The standard InChI is InChI=1S/2C26H36N2O3/c1-26(2,12-5-4-9-25(29)28-13-15-31-16-14-28)22-10-11-23(24(18-22)30-3)21-8-6-7-20(17-21)19-27;1-26(2,13-7-6-10-25(29)28-14-16-31-17-15-28)21-11-12-23(24(18-21)30-3)22-9-5-4-8-20(22)19-27/h6-8,10-11,17-18H,4-5,9,12-16,19,27H2,1-3H3;4-5,8-9,11-12,18H,6-7,10,13-17,19,27H2,1-3H3. The van der Waals surface area contributed by atoms with Crippen molar-refractivity contribution in [3.8, 4) is 33.8 Å². The summed E-state index contributed by atoms with van der Waals surface area (Å²) in [7, 11) is 3.44. The molecule has 10 heteroatoms. The van der Waals surface area contributed by atoms with Gasteiger partial charge in [-0.2, -0.15) is 0 Å². The van der Waals surface area contributed by atoms with Gasteiger partial charge in [0.15, 0.2) is 0 Å². The van der Waals surface area contributed by atoms with E-state index in [9.17, 15) is 9.59 Å². The zero-order chi connectivity index (χ0) is 44.5. The van der Waals surface area contributed by atoms with Crippen molar-refractivity contribution in [1.29, 1.82) is 0 Å². The summed E-state index contributed by atoms with van der Waals surface area (Å²) < 4.78 is 22.2. The van der Waals surface area contributed by atoms with Crippen LogP contribution in [-0.4, -0.2) is 88.4 Å². The number of unbranched alkanes of at least 4 members (excludes halogenated alkanes) is 2. The molecule has 0 saturated carbocycles. The van der Waals surface area contributed by atoms with Crippen molar-refractivity contribution in [1.82, 2.24) is 9.80 Å². The fourth-order valence-electron chi connectivity index (χ4n) is 8.43. The molecule has 0 radical (unpaired) electrons. The van der Waals surface area contributed by atoms with Gasteiger partial charge in [0.25, 0.3) is 0 Å². The number of carbonyl (C=O) groups excluding carboxylic acids is 2. The lowest BCUT2D eigenvalue weighted by atomic mass is 9.79. The highest BCUT2D eigenvalue weighted by molar-refractivity contribution is 5.77. The van der Waals surface area contributed by atoms with E-state index in [0.29, 0.717) is 52.4 Å². The summed E-state index contributed by atoms with van der Waals surface area (Å²) in [6.07, 6.45) is 7.15. The molecule has 2 saturated heterocycles. The van der Waals surface area contributed by atoms with E-state index in [1.165, 1.54) is 11.1 Å². The Hall–Kier alpha value is -4.74. The topological polar surface area (TPSA) is 130 Å². The van der Waals surface area contributed by atoms with Crippen LogP contribution in [0.2, 0.25) is 0 Å². The minimum atomic E-state index is 0.00120. The van der Waals surface area contributed by atoms with Gasteiger partial charge in [0.1, 0.15) is 11.5 Å². The minimum absolute atomic E-state index is 0.00120. The molecule has 0 spiro atoms. The lowest BCUT2D eigenvalue weighted by Gasteiger charge is -2.28. The SMILES string of the molecule is COc1cc(C(C)(C)CCCCC(=O)N2CCOCC2)ccc1-c1cccc(CN)c1.COc1cc(C(C)(C)CCCCC(=O)N2CCOCC2)ccc1-c1ccccc1CN. The number of methoxy groups -OCH3 is 2. The summed E-state index contributed by atoms with van der Waals surface area (Å²) in [6, 6.07) is 29.5. The first kappa shape index (κ1) is 48.3. The first-order valence-electron chi connectivity index (χ1n) is 22.6. The summed E-state index contributed by atoms with van der Waals surface area (Å²) in [4.78, 5) is 28.5. The summed E-state index contributed by atoms with van der Waals surface area (Å²) >= 11 is 0. The Balaban J connectivity index is 0.000000234. The van der Waals surface area contributed by atoms with Crippen LogP contribution in [0.4, 0.5) is 0 Å². The van der Waals surface area contributed by atoms with Crippen LogP contribution in [0, 0.1) is 0 Å². The molecule has 0 aliphatic carbocycles. The molecule has 62 heavy (non-hydrogen) atoms. The van der Waals surface area contributed by atoms with Gasteiger partial charge in [-0.05, 0) is 88.1 Å². The van der Waals surface area contributed by atoms with Gasteiger partial charge >= 0.3 is 0 Å². The molecular formula is C52H72N4O6. The van der Waals surface area contributed by atoms with Crippen LogP contribution >= 0.6 is 0 Å². The zero-order valence-electron chi connectivity index (χ0n) is 38.3. The highest BCUT2D eigenvalue weighted by Gasteiger charge is 2.25. The Morgan fingerprint density at radius 1 is 0.581 bits per heavy atom. The third-order valence-corrected chi connectivity index (χ3v) is 12.6. The molecule has 6 rings (SSSR count). The molecule has 2 aliphatic rings. The second kappa shape index (κ2) is 23.6. The van der Waals surface area contributed by atoms with Crippen LogP contribution in [0.5, 0.6) is 11.5 Å². The zero-order valence-corrected chi connectivity index (χ0v) is 38.3. The largest absolute Gasteiger partial charge is 0.496 e. The van der Waals surface area contributed by atoms with Gasteiger partial charge in [0, 0.05) is 63.2 Å². The van der Waals surface area contributed by atoms with Crippen molar-refractivity contribution in [3.05, 3.63) is 107 Å². The molecule has 336 valence electrons. The normalized spacial score (nSPS) is 14.5. The van der Waals surface area contributed by atoms with Crippen molar-refractivity contribution >= 4 is 11.8 Å². The molecule has 0 aromatic heterocycles. The third kappa shape index (κ3) is 13.4. The van der Waals surface area contributed by atoms with Crippen molar-refractivity contribution < 1.29 is 28.5 Å². The molecule has 0 atom stereocenters. The second-order valence-electron chi connectivity index (χ2n) is 17.8. The van der Waals surface area contributed by atoms with Crippen LogP contribution in [0.1, 0.15) is 101 Å². The minimum Gasteiger partial charge on any atom is -0.496 e. The molecule has 2 fully saturated rings. The van der Waals surface area contributed by atoms with E-state index in [0.717, 1.165) is 110 Å². The number of morpholine rings is 2. The van der Waals surface area contributed by atoms with E-state index < -0.39 is 0 Å². The Morgan fingerprint density at radius 2 is 1.08 bits per heavy atom. The maximum Gasteiger partial charge on any atom is 0.222 e. The Bertz CT molecular complexity index is 2040. The quantitative estimate of drug-likeness (QED) is 0.0950. The number of carbonyl (C=O) groups is 2. The van der Waals surface area contributed by atoms with Crippen molar-refractivity contribution in [3.63, 3.8) is 0 Å². The average Bonchev–Trinajstić information content (AvgIpc) is 3.31. The number of benzene rings is 4. The van der Waals surface area contributed by atoms with Gasteiger partial charge in [0.2, 0.25) is 11.8 Å². The predicted octanol–water partition coefficient (Wildman–Crippen LogP) is 9.04. The molecular weight excluding hydrogens is 777 g/mol. The molecule has 4 aromatic rings. The smallest absolute Gasteiger partial charge is 0.222 e. The van der Waals surface area contributed by atoms with Crippen LogP contribution in [0.25, 0.3) is 22.3 Å². The number of ether oxygens (including phenoxy) is 4. The van der Waals surface area contributed by atoms with Crippen LogP contribution in [-0.2, 0) is 43.0 Å². The van der Waals surface area contributed by atoms with Gasteiger partial charge < -0.3 is 40.2 Å². The monoisotopic (exact) mass is 849 g/mol. The first-order valence-corrected chi connectivity index (χ1v) is 22.6. The maximum atomic E-state index is 12.3. The lowest BCUT2D eigenvalue weighted by Crippen LogP contribution is -2.40. The van der Waals surface area contributed by atoms with Gasteiger partial charge in [-0.25, -0.2) is 0 Å². The number of hydrogen-bond donors (Lipinski definition) is 2. The van der Waals surface area contributed by atoms with Gasteiger partial charge in [0.05, 0.1) is 40.6 Å². The number of nitrogens with zero attached hydrogens (tertiary/aromatic N) is 2. The highest BCUT2D eigenvalue weighted by Crippen LogP contribution is 2.39. The summed E-state index contributed by atoms with van der Waals surface area (Å²) in [5, 5.41) is 0. The summed E-state index contributed by atoms with van der Waals surface area (Å²) in [5.74, 6) is 2.26. The van der Waals surface area contributed by atoms with Crippen LogP contribution < -0.4 is 20.9 Å². The van der Waals surface area contributed by atoms with Gasteiger partial charge in [-0.15, -0.1) is 0 Å². The van der Waals surface area contributed by atoms with E-state index in [1.807, 2.05) is 34.1 Å². The Morgan fingerprint density at radius 3 is 1.58 bits per heavy atom. The molecule has 4 N–H and O–H groups in total. The molecule has 2 heterocycles. The fourth-order valence-corrected chi connectivity index (χ4v) is 8.43. The van der Waals surface area contributed by atoms with Crippen molar-refractivity contribution in [2.45, 2.75) is 103 Å². The van der Waals surface area contributed by atoms with Crippen LogP contribution in [0.15, 0.2) is 84.9 Å². The number of rotatable bonds is 18. The van der Waals surface area contributed by atoms with Crippen molar-refractivity contribution in [2.24, 2.45) is 11.5 Å². The fraction of sp³-hybridized carbons (Fsp3) is 0.500. The van der Waals surface area contributed by atoms with E-state index in [1.54, 1.807) is 14.2 Å². The predicted molar refractivity (Wildman–Crippen MR) is 250 cm³/mol. The number of nitrogens with two attached hydrogens (primary N) is 2. The van der Waals surface area contributed by atoms with Crippen LogP contribution in [0.3, 0.4) is 0 Å². The van der Waals surface area contributed by atoms with Crippen molar-refractivity contribution in [2.75, 3.05) is 66.8 Å². The first-order chi connectivity index (χ1) is 29.9. The maximum absolute atomic E-state index is 12.3.